The fourth-order valence-corrected chi connectivity index (χ4v) is 3.54. The smallest absolute Gasteiger partial charge is 0.235 e. The van der Waals surface area contributed by atoms with Crippen LogP contribution in [-0.2, 0) is 21.2 Å². The molecule has 24 heavy (non-hydrogen) atoms. The van der Waals surface area contributed by atoms with Gasteiger partial charge in [-0.15, -0.1) is 0 Å². The van der Waals surface area contributed by atoms with E-state index in [4.69, 9.17) is 0 Å². The van der Waals surface area contributed by atoms with Crippen molar-refractivity contribution in [2.45, 2.75) is 20.3 Å². The Hall–Kier alpha value is -1.86. The summed E-state index contributed by atoms with van der Waals surface area (Å²) in [5.74, 6) is -0.111. The van der Waals surface area contributed by atoms with Crippen molar-refractivity contribution in [3.8, 4) is 0 Å². The zero-order chi connectivity index (χ0) is 17.7. The number of amides is 1. The van der Waals surface area contributed by atoms with E-state index in [1.807, 2.05) is 44.3 Å². The highest BCUT2D eigenvalue weighted by Crippen LogP contribution is 2.17. The minimum atomic E-state index is -3.38. The number of aromatic nitrogens is 1. The standard InChI is InChI=1S/C17H25N3O3S/c1-13(2)11-20(24(3,22)23)12-17(21)18-9-8-14-10-19-16-7-5-4-6-15(14)16/h4-7,10,13,19H,8-9,11-12H2,1-3H3,(H,18,21). The summed E-state index contributed by atoms with van der Waals surface area (Å²) < 4.78 is 24.7. The zero-order valence-electron chi connectivity index (χ0n) is 14.4. The number of nitrogens with one attached hydrogen (secondary N) is 2. The van der Waals surface area contributed by atoms with E-state index in [0.29, 0.717) is 19.5 Å². The van der Waals surface area contributed by atoms with Gasteiger partial charge in [0.2, 0.25) is 15.9 Å². The lowest BCUT2D eigenvalue weighted by molar-refractivity contribution is -0.121. The van der Waals surface area contributed by atoms with Gasteiger partial charge in [0, 0.05) is 30.2 Å². The summed E-state index contributed by atoms with van der Waals surface area (Å²) in [6.07, 6.45) is 3.77. The molecule has 0 radical (unpaired) electrons. The molecule has 2 N–H and O–H groups in total. The number of aromatic amines is 1. The number of fused-ring (bicyclic) bond motifs is 1. The summed E-state index contributed by atoms with van der Waals surface area (Å²) in [5.41, 5.74) is 2.20. The van der Waals surface area contributed by atoms with Gasteiger partial charge in [0.05, 0.1) is 12.8 Å². The molecule has 2 aromatic rings. The number of carbonyl (C=O) groups excluding carboxylic acids is 1. The lowest BCUT2D eigenvalue weighted by Gasteiger charge is -2.21. The molecule has 0 saturated carbocycles. The average Bonchev–Trinajstić information content (AvgIpc) is 2.89. The molecule has 0 aliphatic heterocycles. The number of hydrogen-bond acceptors (Lipinski definition) is 3. The molecule has 6 nitrogen and oxygen atoms in total. The Morgan fingerprint density at radius 1 is 1.29 bits per heavy atom. The Morgan fingerprint density at radius 3 is 2.67 bits per heavy atom. The molecule has 7 heteroatoms. The van der Waals surface area contributed by atoms with Crippen molar-refractivity contribution in [2.75, 3.05) is 25.9 Å². The number of benzene rings is 1. The Labute approximate surface area is 143 Å². The summed E-state index contributed by atoms with van der Waals surface area (Å²) in [5, 5.41) is 3.95. The lowest BCUT2D eigenvalue weighted by atomic mass is 10.1. The SMILES string of the molecule is CC(C)CN(CC(=O)NCCc1c[nH]c2ccccc12)S(C)(=O)=O. The van der Waals surface area contributed by atoms with Gasteiger partial charge in [-0.25, -0.2) is 8.42 Å². The maximum atomic E-state index is 12.0. The van der Waals surface area contributed by atoms with Gasteiger partial charge in [-0.2, -0.15) is 4.31 Å². The van der Waals surface area contributed by atoms with Crippen molar-refractivity contribution >= 4 is 26.8 Å². The summed E-state index contributed by atoms with van der Waals surface area (Å²) in [6, 6.07) is 8.00. The first-order valence-electron chi connectivity index (χ1n) is 8.04. The number of nitrogens with zero attached hydrogens (tertiary/aromatic N) is 1. The maximum Gasteiger partial charge on any atom is 0.235 e. The Morgan fingerprint density at radius 2 is 2.00 bits per heavy atom. The van der Waals surface area contributed by atoms with Gasteiger partial charge in [0.1, 0.15) is 0 Å². The highest BCUT2D eigenvalue weighted by Gasteiger charge is 2.20. The average molecular weight is 351 g/mol. The number of H-pyrrole nitrogens is 1. The molecular formula is C17H25N3O3S. The Balaban J connectivity index is 1.88. The van der Waals surface area contributed by atoms with E-state index >= 15 is 0 Å². The first-order chi connectivity index (χ1) is 11.3. The molecule has 0 spiro atoms. The van der Waals surface area contributed by atoms with E-state index in [2.05, 4.69) is 10.3 Å². The highest BCUT2D eigenvalue weighted by molar-refractivity contribution is 7.88. The third kappa shape index (κ3) is 5.07. The van der Waals surface area contributed by atoms with Gasteiger partial charge >= 0.3 is 0 Å². The molecule has 0 saturated heterocycles. The largest absolute Gasteiger partial charge is 0.361 e. The van der Waals surface area contributed by atoms with Gasteiger partial charge in [-0.1, -0.05) is 32.0 Å². The third-order valence-corrected chi connectivity index (χ3v) is 4.97. The van der Waals surface area contributed by atoms with E-state index in [-0.39, 0.29) is 18.4 Å². The predicted molar refractivity (Wildman–Crippen MR) is 96.3 cm³/mol. The number of carbonyl (C=O) groups is 1. The molecule has 1 aromatic carbocycles. The Kier molecular flexibility index (Phi) is 6.01. The summed E-state index contributed by atoms with van der Waals surface area (Å²) in [4.78, 5) is 15.2. The van der Waals surface area contributed by atoms with Crippen molar-refractivity contribution in [3.05, 3.63) is 36.0 Å². The van der Waals surface area contributed by atoms with E-state index in [1.165, 1.54) is 4.31 Å². The molecule has 1 aromatic heterocycles. The van der Waals surface area contributed by atoms with Gasteiger partial charge in [-0.3, -0.25) is 4.79 Å². The van der Waals surface area contributed by atoms with Crippen molar-refractivity contribution < 1.29 is 13.2 Å². The fraction of sp³-hybridized carbons (Fsp3) is 0.471. The second-order valence-electron chi connectivity index (χ2n) is 6.41. The first kappa shape index (κ1) is 18.5. The molecule has 132 valence electrons. The molecule has 0 unspecified atom stereocenters. The molecule has 1 heterocycles. The quantitative estimate of drug-likeness (QED) is 0.760. The number of hydrogen-bond donors (Lipinski definition) is 2. The van der Waals surface area contributed by atoms with Crippen molar-refractivity contribution in [1.82, 2.24) is 14.6 Å². The van der Waals surface area contributed by atoms with Crippen LogP contribution in [0, 0.1) is 5.92 Å². The van der Waals surface area contributed by atoms with Crippen molar-refractivity contribution in [2.24, 2.45) is 5.92 Å². The van der Waals surface area contributed by atoms with E-state index in [9.17, 15) is 13.2 Å². The van der Waals surface area contributed by atoms with Crippen LogP contribution in [0.1, 0.15) is 19.4 Å². The molecule has 0 aliphatic rings. The summed E-state index contributed by atoms with van der Waals surface area (Å²) in [7, 11) is -3.38. The van der Waals surface area contributed by atoms with Gasteiger partial charge in [0.25, 0.3) is 0 Å². The van der Waals surface area contributed by atoms with E-state index < -0.39 is 10.0 Å². The molecule has 1 amide bonds. The second-order valence-corrected chi connectivity index (χ2v) is 8.39. The maximum absolute atomic E-state index is 12.0. The van der Waals surface area contributed by atoms with Gasteiger partial charge < -0.3 is 10.3 Å². The summed E-state index contributed by atoms with van der Waals surface area (Å²) >= 11 is 0. The number of sulfonamides is 1. The van der Waals surface area contributed by atoms with Crippen molar-refractivity contribution in [1.29, 1.82) is 0 Å². The van der Waals surface area contributed by atoms with Crippen LogP contribution in [0.3, 0.4) is 0 Å². The lowest BCUT2D eigenvalue weighted by Crippen LogP contribution is -2.42. The van der Waals surface area contributed by atoms with Crippen LogP contribution in [-0.4, -0.2) is 49.5 Å². The molecular weight excluding hydrogens is 326 g/mol. The van der Waals surface area contributed by atoms with Gasteiger partial charge in [-0.05, 0) is 24.0 Å². The predicted octanol–water partition coefficient (Wildman–Crippen LogP) is 1.74. The molecule has 0 atom stereocenters. The van der Waals surface area contributed by atoms with Crippen LogP contribution in [0.25, 0.3) is 10.9 Å². The monoisotopic (exact) mass is 351 g/mol. The van der Waals surface area contributed by atoms with Crippen LogP contribution in [0.15, 0.2) is 30.5 Å². The molecule has 0 aliphatic carbocycles. The normalized spacial score (nSPS) is 12.2. The summed E-state index contributed by atoms with van der Waals surface area (Å²) in [6.45, 7) is 4.53. The van der Waals surface area contributed by atoms with Crippen LogP contribution in [0.5, 0.6) is 0 Å². The molecule has 0 bridgehead atoms. The second kappa shape index (κ2) is 7.81. The zero-order valence-corrected chi connectivity index (χ0v) is 15.2. The highest BCUT2D eigenvalue weighted by atomic mass is 32.2. The minimum absolute atomic E-state index is 0.134. The van der Waals surface area contributed by atoms with Crippen LogP contribution < -0.4 is 5.32 Å². The number of rotatable bonds is 8. The van der Waals surface area contributed by atoms with Crippen LogP contribution in [0.4, 0.5) is 0 Å². The molecule has 2 rings (SSSR count). The minimum Gasteiger partial charge on any atom is -0.361 e. The molecule has 0 fully saturated rings. The first-order valence-corrected chi connectivity index (χ1v) is 9.89. The number of para-hydroxylation sites is 1. The van der Waals surface area contributed by atoms with Crippen LogP contribution in [0.2, 0.25) is 0 Å². The topological polar surface area (TPSA) is 82.3 Å². The van der Waals surface area contributed by atoms with Crippen LogP contribution >= 0.6 is 0 Å². The Bertz CT molecular complexity index is 796. The van der Waals surface area contributed by atoms with Crippen molar-refractivity contribution in [3.63, 3.8) is 0 Å². The van der Waals surface area contributed by atoms with E-state index in [0.717, 1.165) is 22.7 Å². The van der Waals surface area contributed by atoms with Gasteiger partial charge in [0.15, 0.2) is 0 Å². The third-order valence-electron chi connectivity index (χ3n) is 3.75. The fourth-order valence-electron chi connectivity index (χ4n) is 2.62. The van der Waals surface area contributed by atoms with E-state index in [1.54, 1.807) is 0 Å².